The van der Waals surface area contributed by atoms with E-state index in [-0.39, 0.29) is 17.7 Å². The van der Waals surface area contributed by atoms with Gasteiger partial charge in [-0.1, -0.05) is 136 Å². The van der Waals surface area contributed by atoms with Crippen molar-refractivity contribution in [3.63, 3.8) is 0 Å². The Hall–Kier alpha value is -1.78. The molecule has 220 valence electrons. The van der Waals surface area contributed by atoms with E-state index in [2.05, 4.69) is 13.8 Å². The minimum Gasteiger partial charge on any atom is -0.458 e. The first-order valence-electron chi connectivity index (χ1n) is 16.1. The van der Waals surface area contributed by atoms with Crippen LogP contribution in [0.25, 0.3) is 0 Å². The van der Waals surface area contributed by atoms with Gasteiger partial charge in [-0.3, -0.25) is 9.59 Å². The van der Waals surface area contributed by atoms with Gasteiger partial charge in [0, 0.05) is 19.3 Å². The monoisotopic (exact) mass is 534 g/mol. The first-order valence-corrected chi connectivity index (χ1v) is 16.1. The Balaban J connectivity index is 2.30. The normalized spacial score (nSPS) is 11.2. The van der Waals surface area contributed by atoms with Crippen LogP contribution in [0.5, 0.6) is 11.5 Å². The molecule has 1 rings (SSSR count). The molecule has 0 amide bonds. The maximum atomic E-state index is 12.5. The van der Waals surface area contributed by atoms with E-state index in [4.69, 9.17) is 13.9 Å². The van der Waals surface area contributed by atoms with Crippen LogP contribution in [-0.4, -0.2) is 11.9 Å². The van der Waals surface area contributed by atoms with E-state index in [1.807, 2.05) is 6.92 Å². The highest BCUT2D eigenvalue weighted by atomic mass is 16.6. The summed E-state index contributed by atoms with van der Waals surface area (Å²) in [4.78, 5) is 25.0. The lowest BCUT2D eigenvalue weighted by Gasteiger charge is -2.08. The predicted molar refractivity (Wildman–Crippen MR) is 157 cm³/mol. The van der Waals surface area contributed by atoms with Crippen molar-refractivity contribution in [3.05, 3.63) is 11.5 Å². The summed E-state index contributed by atoms with van der Waals surface area (Å²) in [5.74, 6) is 1.03. The molecule has 0 fully saturated rings. The largest absolute Gasteiger partial charge is 0.458 e. The summed E-state index contributed by atoms with van der Waals surface area (Å²) in [6.07, 6.45) is 25.7. The van der Waals surface area contributed by atoms with Gasteiger partial charge in [-0.15, -0.1) is 0 Å². The van der Waals surface area contributed by atoms with E-state index in [0.717, 1.165) is 38.5 Å². The van der Waals surface area contributed by atoms with Gasteiger partial charge in [0.1, 0.15) is 5.76 Å². The third kappa shape index (κ3) is 16.2. The molecule has 0 aliphatic carbocycles. The summed E-state index contributed by atoms with van der Waals surface area (Å²) in [6.45, 7) is 8.18. The van der Waals surface area contributed by atoms with Gasteiger partial charge in [0.05, 0.1) is 0 Å². The van der Waals surface area contributed by atoms with E-state index in [1.165, 1.54) is 89.9 Å². The molecule has 5 nitrogen and oxygen atoms in total. The standard InChI is InChI=1S/C33H58O5/c1-5-8-10-12-14-16-18-20-22-24-26-30(34)37-32-28(4)36-29(7-3)33(32)38-31(35)27-25-23-21-19-17-15-13-11-9-6-2/h5-27H2,1-4H3. The highest BCUT2D eigenvalue weighted by Gasteiger charge is 2.24. The fraction of sp³-hybridized carbons (Fsp3) is 0.818. The van der Waals surface area contributed by atoms with Crippen LogP contribution in [0, 0.1) is 6.92 Å². The van der Waals surface area contributed by atoms with E-state index in [1.54, 1.807) is 6.92 Å². The van der Waals surface area contributed by atoms with Crippen LogP contribution in [0.1, 0.15) is 174 Å². The number of ether oxygens (including phenoxy) is 2. The van der Waals surface area contributed by atoms with Gasteiger partial charge >= 0.3 is 11.9 Å². The van der Waals surface area contributed by atoms with Crippen molar-refractivity contribution in [1.29, 1.82) is 0 Å². The van der Waals surface area contributed by atoms with Gasteiger partial charge in [0.25, 0.3) is 0 Å². The first kappa shape index (κ1) is 34.2. The lowest BCUT2D eigenvalue weighted by molar-refractivity contribution is -0.137. The number of carbonyl (C=O) groups excluding carboxylic acids is 2. The second-order valence-electron chi connectivity index (χ2n) is 10.9. The number of hydrogen-bond acceptors (Lipinski definition) is 5. The van der Waals surface area contributed by atoms with E-state index >= 15 is 0 Å². The van der Waals surface area contributed by atoms with Crippen molar-refractivity contribution in [2.75, 3.05) is 0 Å². The quantitative estimate of drug-likeness (QED) is 0.0921. The van der Waals surface area contributed by atoms with Gasteiger partial charge in [-0.25, -0.2) is 0 Å². The van der Waals surface area contributed by atoms with Crippen molar-refractivity contribution < 1.29 is 23.5 Å². The predicted octanol–water partition coefficient (Wildman–Crippen LogP) is 10.6. The lowest BCUT2D eigenvalue weighted by atomic mass is 10.1. The number of esters is 2. The average Bonchev–Trinajstić information content (AvgIpc) is 3.19. The van der Waals surface area contributed by atoms with E-state index in [9.17, 15) is 9.59 Å². The zero-order valence-electron chi connectivity index (χ0n) is 25.3. The van der Waals surface area contributed by atoms with Crippen LogP contribution < -0.4 is 9.47 Å². The van der Waals surface area contributed by atoms with Crippen molar-refractivity contribution in [3.8, 4) is 11.5 Å². The number of rotatable bonds is 25. The molecule has 0 bridgehead atoms. The van der Waals surface area contributed by atoms with E-state index in [0.29, 0.717) is 36.5 Å². The Morgan fingerprint density at radius 3 is 1.24 bits per heavy atom. The lowest BCUT2D eigenvalue weighted by Crippen LogP contribution is -2.12. The number of carbonyl (C=O) groups is 2. The third-order valence-electron chi connectivity index (χ3n) is 7.28. The molecule has 1 aromatic heterocycles. The average molecular weight is 535 g/mol. The molecule has 0 aromatic carbocycles. The van der Waals surface area contributed by atoms with Crippen molar-refractivity contribution in [2.24, 2.45) is 0 Å². The molecule has 0 unspecified atom stereocenters. The smallest absolute Gasteiger partial charge is 0.311 e. The van der Waals surface area contributed by atoms with Crippen LogP contribution in [-0.2, 0) is 16.0 Å². The molecule has 0 saturated heterocycles. The van der Waals surface area contributed by atoms with Crippen molar-refractivity contribution >= 4 is 11.9 Å². The Kier molecular flexibility index (Phi) is 20.9. The highest BCUT2D eigenvalue weighted by Crippen LogP contribution is 2.39. The zero-order valence-corrected chi connectivity index (χ0v) is 25.3. The molecule has 0 radical (unpaired) electrons. The molecule has 5 heteroatoms. The number of hydrogen-bond donors (Lipinski definition) is 0. The SMILES string of the molecule is CCCCCCCCCCCCC(=O)Oc1c(C)oc(CC)c1OC(=O)CCCCCCCCCCCC. The molecule has 0 aliphatic rings. The second kappa shape index (κ2) is 23.1. The number of aryl methyl sites for hydroxylation is 2. The topological polar surface area (TPSA) is 65.7 Å². The maximum absolute atomic E-state index is 12.5. The van der Waals surface area contributed by atoms with Crippen LogP contribution in [0.2, 0.25) is 0 Å². The van der Waals surface area contributed by atoms with Crippen molar-refractivity contribution in [2.45, 2.75) is 175 Å². The minimum absolute atomic E-state index is 0.273. The molecule has 1 heterocycles. The molecular weight excluding hydrogens is 476 g/mol. The maximum Gasteiger partial charge on any atom is 0.311 e. The second-order valence-corrected chi connectivity index (χ2v) is 10.9. The van der Waals surface area contributed by atoms with Gasteiger partial charge in [-0.2, -0.15) is 0 Å². The molecular formula is C33H58O5. The summed E-state index contributed by atoms with van der Waals surface area (Å²) >= 11 is 0. The Morgan fingerprint density at radius 1 is 0.526 bits per heavy atom. The third-order valence-corrected chi connectivity index (χ3v) is 7.28. The van der Waals surface area contributed by atoms with Gasteiger partial charge in [-0.05, 0) is 19.8 Å². The fourth-order valence-corrected chi connectivity index (χ4v) is 4.86. The summed E-state index contributed by atoms with van der Waals surface area (Å²) in [5.41, 5.74) is 0. The number of furan rings is 1. The summed E-state index contributed by atoms with van der Waals surface area (Å²) in [5, 5.41) is 0. The van der Waals surface area contributed by atoms with Crippen LogP contribution in [0.3, 0.4) is 0 Å². The number of unbranched alkanes of at least 4 members (excludes halogenated alkanes) is 18. The van der Waals surface area contributed by atoms with Crippen molar-refractivity contribution in [1.82, 2.24) is 0 Å². The summed E-state index contributed by atoms with van der Waals surface area (Å²) < 4.78 is 17.1. The summed E-state index contributed by atoms with van der Waals surface area (Å²) in [7, 11) is 0. The van der Waals surface area contributed by atoms with Crippen LogP contribution in [0.15, 0.2) is 4.42 Å². The van der Waals surface area contributed by atoms with Gasteiger partial charge in [0.15, 0.2) is 5.76 Å². The van der Waals surface area contributed by atoms with Crippen LogP contribution in [0.4, 0.5) is 0 Å². The minimum atomic E-state index is -0.289. The first-order chi connectivity index (χ1) is 18.5. The fourth-order valence-electron chi connectivity index (χ4n) is 4.86. The molecule has 0 spiro atoms. The molecule has 0 atom stereocenters. The summed E-state index contributed by atoms with van der Waals surface area (Å²) in [6, 6.07) is 0. The molecule has 0 saturated carbocycles. The molecule has 0 N–H and O–H groups in total. The highest BCUT2D eigenvalue weighted by molar-refractivity contribution is 5.77. The van der Waals surface area contributed by atoms with Gasteiger partial charge < -0.3 is 13.9 Å². The Morgan fingerprint density at radius 2 is 0.868 bits per heavy atom. The Labute approximate surface area is 233 Å². The van der Waals surface area contributed by atoms with Gasteiger partial charge in [0.2, 0.25) is 11.5 Å². The Bertz CT molecular complexity index is 736. The zero-order chi connectivity index (χ0) is 27.8. The van der Waals surface area contributed by atoms with Crippen LogP contribution >= 0.6 is 0 Å². The molecule has 38 heavy (non-hydrogen) atoms. The van der Waals surface area contributed by atoms with E-state index < -0.39 is 0 Å². The molecule has 1 aromatic rings. The molecule has 0 aliphatic heterocycles.